The van der Waals surface area contributed by atoms with Crippen LogP contribution in [0.2, 0.25) is 0 Å². The van der Waals surface area contributed by atoms with Gasteiger partial charge in [-0.2, -0.15) is 13.2 Å². The predicted octanol–water partition coefficient (Wildman–Crippen LogP) is 4.09. The van der Waals surface area contributed by atoms with E-state index < -0.39 is 38.6 Å². The lowest BCUT2D eigenvalue weighted by Gasteiger charge is -2.16. The molecule has 2 aromatic carbocycles. The van der Waals surface area contributed by atoms with Crippen molar-refractivity contribution in [1.82, 2.24) is 0 Å². The van der Waals surface area contributed by atoms with Gasteiger partial charge in [0, 0.05) is 23.9 Å². The molecule has 1 N–H and O–H groups in total. The quantitative estimate of drug-likeness (QED) is 0.465. The Labute approximate surface area is 202 Å². The topological polar surface area (TPSA) is 144 Å². The Kier molecular flexibility index (Phi) is 9.21. The number of fused-ring (bicyclic) bond motifs is 1. The number of alkyl halides is 3. The fourth-order valence-electron chi connectivity index (χ4n) is 3.12. The highest BCUT2D eigenvalue weighted by Crippen LogP contribution is 2.43. The van der Waals surface area contributed by atoms with E-state index in [4.69, 9.17) is 23.7 Å². The molecule has 196 valence electrons. The molecule has 0 bridgehead atoms. The van der Waals surface area contributed by atoms with Crippen molar-refractivity contribution in [2.24, 2.45) is 0 Å². The molecule has 0 atom stereocenters. The lowest BCUT2D eigenvalue weighted by Crippen LogP contribution is -2.13. The van der Waals surface area contributed by atoms with Crippen LogP contribution >= 0.6 is 0 Å². The van der Waals surface area contributed by atoms with Gasteiger partial charge in [-0.15, -0.1) is 0 Å². The van der Waals surface area contributed by atoms with E-state index in [-0.39, 0.29) is 55.7 Å². The summed E-state index contributed by atoms with van der Waals surface area (Å²) in [5.41, 5.74) is -4.38. The van der Waals surface area contributed by atoms with E-state index in [2.05, 4.69) is 5.32 Å². The van der Waals surface area contributed by atoms with E-state index in [0.29, 0.717) is 26.4 Å². The van der Waals surface area contributed by atoms with Gasteiger partial charge in [-0.1, -0.05) is 0 Å². The zero-order valence-corrected chi connectivity index (χ0v) is 18.7. The maximum Gasteiger partial charge on any atom is 0.416 e. The molecule has 0 amide bonds. The van der Waals surface area contributed by atoms with Gasteiger partial charge in [-0.3, -0.25) is 20.2 Å². The Balaban J connectivity index is 1.92. The highest BCUT2D eigenvalue weighted by atomic mass is 19.4. The zero-order chi connectivity index (χ0) is 26.1. The summed E-state index contributed by atoms with van der Waals surface area (Å²) in [5.74, 6) is 0.457. The number of hydrogen-bond donors (Lipinski definition) is 1. The number of rotatable bonds is 4. The lowest BCUT2D eigenvalue weighted by molar-refractivity contribution is -0.392. The number of nitrogens with one attached hydrogen (secondary N) is 1. The Hall–Kier alpha value is -3.69. The van der Waals surface area contributed by atoms with Gasteiger partial charge < -0.3 is 29.0 Å². The molecule has 0 radical (unpaired) electrons. The predicted molar refractivity (Wildman–Crippen MR) is 118 cm³/mol. The third kappa shape index (κ3) is 7.40. The second kappa shape index (κ2) is 12.3. The van der Waals surface area contributed by atoms with Crippen LogP contribution in [-0.2, 0) is 20.4 Å². The van der Waals surface area contributed by atoms with Crippen molar-refractivity contribution < 1.29 is 46.7 Å². The molecule has 0 spiro atoms. The molecule has 1 aliphatic rings. The van der Waals surface area contributed by atoms with Gasteiger partial charge in [0.05, 0.1) is 55.1 Å². The van der Waals surface area contributed by atoms with Crippen LogP contribution in [0.15, 0.2) is 30.3 Å². The molecule has 0 aromatic heterocycles. The van der Waals surface area contributed by atoms with Crippen molar-refractivity contribution >= 4 is 22.7 Å². The molecular formula is C21H22F3N3O9. The van der Waals surface area contributed by atoms with Gasteiger partial charge in [0.2, 0.25) is 0 Å². The van der Waals surface area contributed by atoms with E-state index in [9.17, 15) is 33.4 Å². The van der Waals surface area contributed by atoms with Crippen LogP contribution < -0.4 is 14.8 Å². The average Bonchev–Trinajstić information content (AvgIpc) is 2.82. The van der Waals surface area contributed by atoms with Crippen LogP contribution in [0, 0.1) is 20.2 Å². The van der Waals surface area contributed by atoms with E-state index in [1.54, 1.807) is 0 Å². The van der Waals surface area contributed by atoms with Crippen molar-refractivity contribution in [3.63, 3.8) is 0 Å². The van der Waals surface area contributed by atoms with Crippen LogP contribution in [0.1, 0.15) is 5.56 Å². The number of nitro benzene ring substituents is 2. The number of ether oxygens (including phenoxy) is 5. The van der Waals surface area contributed by atoms with E-state index in [1.165, 1.54) is 18.2 Å². The van der Waals surface area contributed by atoms with Crippen molar-refractivity contribution in [3.8, 4) is 11.5 Å². The number of halogens is 3. The maximum absolute atomic E-state index is 13.2. The van der Waals surface area contributed by atoms with Gasteiger partial charge >= 0.3 is 6.18 Å². The summed E-state index contributed by atoms with van der Waals surface area (Å²) < 4.78 is 66.9. The van der Waals surface area contributed by atoms with Crippen LogP contribution in [0.4, 0.5) is 35.9 Å². The average molecular weight is 517 g/mol. The highest BCUT2D eigenvalue weighted by molar-refractivity contribution is 5.80. The fraction of sp³-hybridized carbons (Fsp3) is 0.429. The largest absolute Gasteiger partial charge is 0.487 e. The molecule has 36 heavy (non-hydrogen) atoms. The van der Waals surface area contributed by atoms with Crippen molar-refractivity contribution in [3.05, 3.63) is 56.1 Å². The third-order valence-electron chi connectivity index (χ3n) is 4.74. The first kappa shape index (κ1) is 26.9. The highest BCUT2D eigenvalue weighted by Gasteiger charge is 2.37. The molecule has 0 saturated carbocycles. The number of anilines is 2. The Bertz CT molecular complexity index is 1050. The summed E-state index contributed by atoms with van der Waals surface area (Å²) in [6, 6.07) is 4.65. The first-order chi connectivity index (χ1) is 17.2. The summed E-state index contributed by atoms with van der Waals surface area (Å²) in [6.45, 7) is 2.17. The lowest BCUT2D eigenvalue weighted by atomic mass is 10.1. The SMILES string of the molecule is O=[N+]([O-])c1cc(C(F)(F)F)cc([N+](=O)[O-])c1Nc1ccc2c(c1)OCCOCCOCCOCCO2. The van der Waals surface area contributed by atoms with E-state index >= 15 is 0 Å². The molecule has 0 fully saturated rings. The zero-order valence-electron chi connectivity index (χ0n) is 18.7. The summed E-state index contributed by atoms with van der Waals surface area (Å²) in [6.07, 6.45) is -5.02. The number of benzene rings is 2. The minimum Gasteiger partial charge on any atom is -0.487 e. The minimum atomic E-state index is -5.02. The number of hydrogen-bond acceptors (Lipinski definition) is 10. The minimum absolute atomic E-state index is 0.0757. The smallest absolute Gasteiger partial charge is 0.416 e. The van der Waals surface area contributed by atoms with Gasteiger partial charge in [0.25, 0.3) is 11.4 Å². The molecule has 12 nitrogen and oxygen atoms in total. The summed E-state index contributed by atoms with van der Waals surface area (Å²) in [7, 11) is 0. The molecular weight excluding hydrogens is 495 g/mol. The molecule has 2 aromatic rings. The monoisotopic (exact) mass is 517 g/mol. The second-order valence-corrected chi connectivity index (χ2v) is 7.22. The van der Waals surface area contributed by atoms with E-state index in [1.807, 2.05) is 0 Å². The molecule has 1 heterocycles. The van der Waals surface area contributed by atoms with Crippen molar-refractivity contribution in [1.29, 1.82) is 0 Å². The molecule has 0 saturated heterocycles. The van der Waals surface area contributed by atoms with Crippen molar-refractivity contribution in [2.75, 3.05) is 58.2 Å². The first-order valence-electron chi connectivity index (χ1n) is 10.6. The van der Waals surface area contributed by atoms with Gasteiger partial charge in [0.1, 0.15) is 13.2 Å². The standard InChI is InChI=1S/C21H22F3N3O9/c22-21(23,24)14-11-16(26(28)29)20(17(12-14)27(30)31)25-15-1-2-18-19(13-15)36-10-8-34-6-4-32-3-5-33-7-9-35-18/h1-2,11-13,25H,3-10H2. The molecule has 0 aliphatic carbocycles. The summed E-state index contributed by atoms with van der Waals surface area (Å²) >= 11 is 0. The van der Waals surface area contributed by atoms with Crippen LogP contribution in [0.3, 0.4) is 0 Å². The van der Waals surface area contributed by atoms with Crippen LogP contribution in [0.5, 0.6) is 11.5 Å². The van der Waals surface area contributed by atoms with Crippen LogP contribution in [-0.4, -0.2) is 62.7 Å². The maximum atomic E-state index is 13.2. The molecule has 15 heteroatoms. The van der Waals surface area contributed by atoms with Gasteiger partial charge in [-0.25, -0.2) is 0 Å². The second-order valence-electron chi connectivity index (χ2n) is 7.22. The number of nitrogens with zero attached hydrogens (tertiary/aromatic N) is 2. The molecule has 0 unspecified atom stereocenters. The van der Waals surface area contributed by atoms with Gasteiger partial charge in [-0.05, 0) is 12.1 Å². The number of nitro groups is 2. The normalized spacial score (nSPS) is 15.9. The Morgan fingerprint density at radius 3 is 1.67 bits per heavy atom. The fourth-order valence-corrected chi connectivity index (χ4v) is 3.12. The third-order valence-corrected chi connectivity index (χ3v) is 4.74. The summed E-state index contributed by atoms with van der Waals surface area (Å²) in [5, 5.41) is 25.5. The molecule has 3 rings (SSSR count). The van der Waals surface area contributed by atoms with Crippen molar-refractivity contribution in [2.45, 2.75) is 6.18 Å². The summed E-state index contributed by atoms with van der Waals surface area (Å²) in [4.78, 5) is 20.7. The molecule has 1 aliphatic heterocycles. The van der Waals surface area contributed by atoms with Gasteiger partial charge in [0.15, 0.2) is 17.2 Å². The van der Waals surface area contributed by atoms with Crippen LogP contribution in [0.25, 0.3) is 0 Å². The van der Waals surface area contributed by atoms with E-state index in [0.717, 1.165) is 0 Å². The Morgan fingerprint density at radius 1 is 0.722 bits per heavy atom. The first-order valence-corrected chi connectivity index (χ1v) is 10.6. The Morgan fingerprint density at radius 2 is 1.19 bits per heavy atom.